The van der Waals surface area contributed by atoms with Gasteiger partial charge in [0.15, 0.2) is 5.69 Å². The molecule has 7 nitrogen and oxygen atoms in total. The number of alkyl halides is 3. The Hall–Kier alpha value is -3.43. The third-order valence-corrected chi connectivity index (χ3v) is 4.14. The molecule has 0 atom stereocenters. The molecule has 10 heteroatoms. The van der Waals surface area contributed by atoms with Crippen LogP contribution in [-0.4, -0.2) is 25.5 Å². The van der Waals surface area contributed by atoms with Gasteiger partial charge < -0.3 is 5.32 Å². The van der Waals surface area contributed by atoms with E-state index in [0.717, 1.165) is 22.9 Å². The Kier molecular flexibility index (Phi) is 5.27. The number of hydrogen-bond acceptors (Lipinski definition) is 4. The molecule has 0 fully saturated rings. The topological polar surface area (TPSA) is 81.8 Å². The number of carbonyl (C=O) groups is 1. The summed E-state index contributed by atoms with van der Waals surface area (Å²) in [5, 5.41) is 10.7. The van der Waals surface area contributed by atoms with Crippen molar-refractivity contribution in [3.05, 3.63) is 69.8 Å². The van der Waals surface area contributed by atoms with Gasteiger partial charge in [0.2, 0.25) is 5.43 Å². The van der Waals surface area contributed by atoms with Gasteiger partial charge in [-0.3, -0.25) is 9.59 Å². The lowest BCUT2D eigenvalue weighted by atomic mass is 10.2. The number of nitrogens with one attached hydrogen (secondary N) is 1. The summed E-state index contributed by atoms with van der Waals surface area (Å²) in [5.41, 5.74) is -1.57. The van der Waals surface area contributed by atoms with Gasteiger partial charge in [-0.1, -0.05) is 6.07 Å². The van der Waals surface area contributed by atoms with Crippen molar-refractivity contribution in [1.82, 2.24) is 19.6 Å². The molecule has 0 unspecified atom stereocenters. The van der Waals surface area contributed by atoms with E-state index in [2.05, 4.69) is 15.5 Å². The maximum absolute atomic E-state index is 13.0. The fraction of sp³-hybridized carbons (Fsp3) is 0.263. The fourth-order valence-electron chi connectivity index (χ4n) is 2.78. The summed E-state index contributed by atoms with van der Waals surface area (Å²) in [6.45, 7) is 5.25. The number of aryl methyl sites for hydroxylation is 1. The highest BCUT2D eigenvalue weighted by atomic mass is 19.4. The number of rotatable bonds is 4. The normalized spacial score (nSPS) is 11.7. The molecule has 0 aliphatic carbocycles. The molecule has 152 valence electrons. The van der Waals surface area contributed by atoms with E-state index in [4.69, 9.17) is 0 Å². The minimum Gasteiger partial charge on any atom is -0.305 e. The van der Waals surface area contributed by atoms with Crippen LogP contribution in [0.25, 0.3) is 5.69 Å². The van der Waals surface area contributed by atoms with Crippen LogP contribution in [0.3, 0.4) is 0 Å². The smallest absolute Gasteiger partial charge is 0.305 e. The number of nitrogens with zero attached hydrogens (tertiary/aromatic N) is 4. The summed E-state index contributed by atoms with van der Waals surface area (Å²) in [5.74, 6) is -0.407. The van der Waals surface area contributed by atoms with Crippen molar-refractivity contribution >= 4 is 11.7 Å². The summed E-state index contributed by atoms with van der Waals surface area (Å²) in [7, 11) is 0. The molecular weight excluding hydrogens is 387 g/mol. The minimum absolute atomic E-state index is 0.0342. The predicted octanol–water partition coefficient (Wildman–Crippen LogP) is 3.59. The van der Waals surface area contributed by atoms with E-state index in [1.807, 2.05) is 13.8 Å². The van der Waals surface area contributed by atoms with Gasteiger partial charge in [0.05, 0.1) is 17.4 Å². The molecule has 0 radical (unpaired) electrons. The summed E-state index contributed by atoms with van der Waals surface area (Å²) >= 11 is 0. The molecule has 1 aromatic carbocycles. The molecule has 0 saturated carbocycles. The maximum Gasteiger partial charge on any atom is 0.416 e. The number of amides is 1. The SMILES string of the molecule is Cc1cc(=O)c(C(=O)Nc2ccnn2C(C)C)nn1-c1cccc(C(F)(F)F)c1. The quantitative estimate of drug-likeness (QED) is 0.719. The first-order chi connectivity index (χ1) is 13.6. The zero-order valence-corrected chi connectivity index (χ0v) is 15.9. The largest absolute Gasteiger partial charge is 0.416 e. The number of hydrogen-bond donors (Lipinski definition) is 1. The lowest BCUT2D eigenvalue weighted by molar-refractivity contribution is -0.137. The summed E-state index contributed by atoms with van der Waals surface area (Å²) in [6.07, 6.45) is -3.03. The maximum atomic E-state index is 13.0. The van der Waals surface area contributed by atoms with Crippen molar-refractivity contribution in [3.63, 3.8) is 0 Å². The van der Waals surface area contributed by atoms with Crippen LogP contribution in [-0.2, 0) is 6.18 Å². The van der Waals surface area contributed by atoms with Gasteiger partial charge in [-0.15, -0.1) is 0 Å². The Morgan fingerprint density at radius 3 is 2.55 bits per heavy atom. The molecule has 1 amide bonds. The molecule has 29 heavy (non-hydrogen) atoms. The van der Waals surface area contributed by atoms with Gasteiger partial charge in [0.25, 0.3) is 5.91 Å². The molecule has 0 bridgehead atoms. The van der Waals surface area contributed by atoms with E-state index in [1.54, 1.807) is 10.7 Å². The van der Waals surface area contributed by atoms with E-state index in [1.165, 1.54) is 25.3 Å². The van der Waals surface area contributed by atoms with Gasteiger partial charge in [-0.05, 0) is 39.0 Å². The second-order valence-electron chi connectivity index (χ2n) is 6.67. The highest BCUT2D eigenvalue weighted by Crippen LogP contribution is 2.30. The van der Waals surface area contributed by atoms with E-state index >= 15 is 0 Å². The van der Waals surface area contributed by atoms with E-state index < -0.39 is 28.8 Å². The van der Waals surface area contributed by atoms with E-state index in [9.17, 15) is 22.8 Å². The number of carbonyl (C=O) groups excluding carboxylic acids is 1. The highest BCUT2D eigenvalue weighted by Gasteiger charge is 2.30. The Bertz CT molecular complexity index is 1120. The zero-order valence-electron chi connectivity index (χ0n) is 15.9. The van der Waals surface area contributed by atoms with Crippen LogP contribution in [0.2, 0.25) is 0 Å². The second kappa shape index (κ2) is 7.53. The zero-order chi connectivity index (χ0) is 21.3. The number of aromatic nitrogens is 4. The summed E-state index contributed by atoms with van der Waals surface area (Å²) in [4.78, 5) is 24.9. The monoisotopic (exact) mass is 405 g/mol. The van der Waals surface area contributed by atoms with Crippen LogP contribution < -0.4 is 10.7 Å². The minimum atomic E-state index is -4.53. The van der Waals surface area contributed by atoms with Crippen molar-refractivity contribution in [2.45, 2.75) is 33.0 Å². The van der Waals surface area contributed by atoms with Crippen molar-refractivity contribution in [2.24, 2.45) is 0 Å². The molecule has 1 N–H and O–H groups in total. The third kappa shape index (κ3) is 4.20. The van der Waals surface area contributed by atoms with Gasteiger partial charge in [-0.25, -0.2) is 9.36 Å². The lowest BCUT2D eigenvalue weighted by Gasteiger charge is -2.14. The van der Waals surface area contributed by atoms with Gasteiger partial charge in [0, 0.05) is 23.9 Å². The van der Waals surface area contributed by atoms with Crippen molar-refractivity contribution in [1.29, 1.82) is 0 Å². The average molecular weight is 405 g/mol. The van der Waals surface area contributed by atoms with Crippen LogP contribution in [0, 0.1) is 6.92 Å². The van der Waals surface area contributed by atoms with Crippen LogP contribution in [0.1, 0.15) is 41.6 Å². The first kappa shape index (κ1) is 20.3. The Balaban J connectivity index is 2.01. The fourth-order valence-corrected chi connectivity index (χ4v) is 2.78. The van der Waals surface area contributed by atoms with Crippen molar-refractivity contribution < 1.29 is 18.0 Å². The number of anilines is 1. The van der Waals surface area contributed by atoms with Crippen LogP contribution >= 0.6 is 0 Å². The van der Waals surface area contributed by atoms with Gasteiger partial charge >= 0.3 is 6.18 Å². The predicted molar refractivity (Wildman–Crippen MR) is 100 cm³/mol. The highest BCUT2D eigenvalue weighted by molar-refractivity contribution is 6.02. The van der Waals surface area contributed by atoms with Crippen molar-refractivity contribution in [2.75, 3.05) is 5.32 Å². The van der Waals surface area contributed by atoms with Crippen molar-refractivity contribution in [3.8, 4) is 5.69 Å². The van der Waals surface area contributed by atoms with Crippen LogP contribution in [0.4, 0.5) is 19.0 Å². The van der Waals surface area contributed by atoms with Crippen LogP contribution in [0.5, 0.6) is 0 Å². The lowest BCUT2D eigenvalue weighted by Crippen LogP contribution is -2.28. The van der Waals surface area contributed by atoms with Gasteiger partial charge in [0.1, 0.15) is 5.82 Å². The third-order valence-electron chi connectivity index (χ3n) is 4.14. The van der Waals surface area contributed by atoms with E-state index in [-0.39, 0.29) is 17.4 Å². The summed E-state index contributed by atoms with van der Waals surface area (Å²) in [6, 6.07) is 7.17. The first-order valence-corrected chi connectivity index (χ1v) is 8.71. The van der Waals surface area contributed by atoms with Crippen LogP contribution in [0.15, 0.2) is 47.4 Å². The first-order valence-electron chi connectivity index (χ1n) is 8.71. The molecule has 0 saturated heterocycles. The molecule has 0 aliphatic heterocycles. The number of benzene rings is 1. The molecule has 3 rings (SSSR count). The van der Waals surface area contributed by atoms with Gasteiger partial charge in [-0.2, -0.15) is 23.4 Å². The Morgan fingerprint density at radius 2 is 1.90 bits per heavy atom. The Morgan fingerprint density at radius 1 is 1.17 bits per heavy atom. The standard InChI is InChI=1S/C19H18F3N5O2/c1-11(2)26-16(7-8-23-26)24-18(29)17-15(28)9-12(3)27(25-17)14-6-4-5-13(10-14)19(20,21)22/h4-11H,1-3H3,(H,24,29). The molecular formula is C19H18F3N5O2. The number of halogens is 3. The summed E-state index contributed by atoms with van der Waals surface area (Å²) < 4.78 is 41.7. The molecule has 2 heterocycles. The molecule has 2 aromatic heterocycles. The molecule has 3 aromatic rings. The Labute approximate surface area is 163 Å². The average Bonchev–Trinajstić information content (AvgIpc) is 3.09. The molecule has 0 aliphatic rings. The molecule has 0 spiro atoms. The second-order valence-corrected chi connectivity index (χ2v) is 6.67. The van der Waals surface area contributed by atoms with E-state index in [0.29, 0.717) is 5.82 Å².